The minimum atomic E-state index is -3.27. The lowest BCUT2D eigenvalue weighted by Gasteiger charge is -2.19. The molecule has 1 saturated heterocycles. The smallest absolute Gasteiger partial charge is 0.330 e. The molecule has 0 bridgehead atoms. The summed E-state index contributed by atoms with van der Waals surface area (Å²) in [6.45, 7) is 0.579. The van der Waals surface area contributed by atoms with E-state index < -0.39 is 27.2 Å². The van der Waals surface area contributed by atoms with Crippen molar-refractivity contribution in [3.05, 3.63) is 92.6 Å². The zero-order chi connectivity index (χ0) is 25.2. The molecular formula is C24H25N5O5S. The summed E-state index contributed by atoms with van der Waals surface area (Å²) in [5, 5.41) is 0. The first kappa shape index (κ1) is 24.0. The molecule has 35 heavy (non-hydrogen) atoms. The zero-order valence-corrected chi connectivity index (χ0v) is 19.9. The van der Waals surface area contributed by atoms with Crippen molar-refractivity contribution < 1.29 is 13.2 Å². The maximum Gasteiger partial charge on any atom is 0.330 e. The highest BCUT2D eigenvalue weighted by atomic mass is 32.2. The van der Waals surface area contributed by atoms with E-state index in [-0.39, 0.29) is 23.8 Å². The van der Waals surface area contributed by atoms with E-state index >= 15 is 0 Å². The highest BCUT2D eigenvalue weighted by Crippen LogP contribution is 2.24. The lowest BCUT2D eigenvalue weighted by Crippen LogP contribution is -2.39. The van der Waals surface area contributed by atoms with Gasteiger partial charge in [-0.15, -0.1) is 0 Å². The number of nitrogens with one attached hydrogen (secondary N) is 1. The van der Waals surface area contributed by atoms with E-state index in [1.807, 2.05) is 30.3 Å². The van der Waals surface area contributed by atoms with Crippen molar-refractivity contribution >= 4 is 39.2 Å². The van der Waals surface area contributed by atoms with Gasteiger partial charge in [0, 0.05) is 19.7 Å². The molecule has 0 spiro atoms. The predicted octanol–water partition coefficient (Wildman–Crippen LogP) is 1.38. The van der Waals surface area contributed by atoms with Gasteiger partial charge in [0.1, 0.15) is 5.82 Å². The molecular weight excluding hydrogens is 470 g/mol. The molecule has 2 heterocycles. The Morgan fingerprint density at radius 2 is 1.80 bits per heavy atom. The zero-order valence-electron chi connectivity index (χ0n) is 19.0. The highest BCUT2D eigenvalue weighted by Gasteiger charge is 2.28. The van der Waals surface area contributed by atoms with Gasteiger partial charge < -0.3 is 10.6 Å². The van der Waals surface area contributed by atoms with E-state index in [0.29, 0.717) is 24.2 Å². The second-order valence-electron chi connectivity index (χ2n) is 8.13. The van der Waals surface area contributed by atoms with Crippen molar-refractivity contribution in [2.75, 3.05) is 34.3 Å². The molecule has 4 rings (SSSR count). The summed E-state index contributed by atoms with van der Waals surface area (Å²) in [6, 6.07) is 15.9. The van der Waals surface area contributed by atoms with Crippen LogP contribution in [0.4, 0.5) is 17.2 Å². The van der Waals surface area contributed by atoms with Gasteiger partial charge in [-0.05, 0) is 35.8 Å². The first-order valence-corrected chi connectivity index (χ1v) is 12.5. The third kappa shape index (κ3) is 5.04. The van der Waals surface area contributed by atoms with Crippen molar-refractivity contribution in [2.24, 2.45) is 0 Å². The first-order chi connectivity index (χ1) is 16.7. The fraction of sp³-hybridized carbons (Fsp3) is 0.208. The van der Waals surface area contributed by atoms with Crippen LogP contribution in [-0.2, 0) is 21.4 Å². The van der Waals surface area contributed by atoms with Crippen molar-refractivity contribution in [1.29, 1.82) is 0 Å². The number of nitrogens with two attached hydrogens (primary N) is 1. The molecule has 0 atom stereocenters. The Kier molecular flexibility index (Phi) is 6.61. The fourth-order valence-electron chi connectivity index (χ4n) is 3.90. The van der Waals surface area contributed by atoms with Gasteiger partial charge >= 0.3 is 5.69 Å². The number of sulfonamides is 1. The molecule has 0 unspecified atom stereocenters. The molecule has 1 aromatic heterocycles. The number of benzene rings is 2. The van der Waals surface area contributed by atoms with E-state index in [2.05, 4.69) is 4.98 Å². The van der Waals surface area contributed by atoms with Crippen LogP contribution in [0.5, 0.6) is 0 Å². The average Bonchev–Trinajstić information content (AvgIpc) is 3.19. The number of hydrogen-bond acceptors (Lipinski definition) is 6. The van der Waals surface area contributed by atoms with Crippen LogP contribution in [0.25, 0.3) is 6.08 Å². The standard InChI is InChI=1S/C24H25N5O5S/c1-27(21-22(25)28(24(32)26-23(21)31)16-18-6-3-2-4-7-18)20(30)13-10-17-8-11-19(12-9-17)29-14-5-15-35(29,33)34/h2-4,6-13H,5,14-16,25H2,1H3,(H,26,31,32)/b13-10+. The van der Waals surface area contributed by atoms with Gasteiger partial charge in [0.2, 0.25) is 10.0 Å². The molecule has 0 aliphatic carbocycles. The number of aromatic nitrogens is 2. The number of likely N-dealkylation sites (N-methyl/N-ethyl adjacent to an activating group) is 1. The van der Waals surface area contributed by atoms with Crippen LogP contribution < -0.4 is 26.2 Å². The van der Waals surface area contributed by atoms with Gasteiger partial charge in [-0.3, -0.25) is 23.4 Å². The van der Waals surface area contributed by atoms with Crippen LogP contribution in [0, 0.1) is 0 Å². The van der Waals surface area contributed by atoms with Crippen LogP contribution in [0.1, 0.15) is 17.5 Å². The molecule has 3 aromatic rings. The van der Waals surface area contributed by atoms with Crippen LogP contribution in [0.15, 0.2) is 70.3 Å². The molecule has 10 nitrogen and oxygen atoms in total. The topological polar surface area (TPSA) is 139 Å². The number of carbonyl (C=O) groups excluding carboxylic acids is 1. The van der Waals surface area contributed by atoms with Crippen molar-refractivity contribution in [3.63, 3.8) is 0 Å². The summed E-state index contributed by atoms with van der Waals surface area (Å²) in [5.74, 6) is -0.516. The van der Waals surface area contributed by atoms with E-state index in [1.165, 1.54) is 22.0 Å². The maximum absolute atomic E-state index is 12.8. The number of hydrogen-bond donors (Lipinski definition) is 2. The van der Waals surface area contributed by atoms with E-state index in [0.717, 1.165) is 10.5 Å². The monoisotopic (exact) mass is 495 g/mol. The number of rotatable bonds is 6. The summed E-state index contributed by atoms with van der Waals surface area (Å²) in [6.07, 6.45) is 3.41. The maximum atomic E-state index is 12.8. The number of carbonyl (C=O) groups is 1. The quantitative estimate of drug-likeness (QED) is 0.496. The van der Waals surface area contributed by atoms with E-state index in [1.54, 1.807) is 30.3 Å². The van der Waals surface area contributed by atoms with Crippen molar-refractivity contribution in [2.45, 2.75) is 13.0 Å². The molecule has 0 radical (unpaired) electrons. The summed E-state index contributed by atoms with van der Waals surface area (Å²) in [4.78, 5) is 40.9. The Bertz CT molecular complexity index is 1490. The van der Waals surface area contributed by atoms with Crippen LogP contribution >= 0.6 is 0 Å². The lowest BCUT2D eigenvalue weighted by atomic mass is 10.2. The normalized spacial score (nSPS) is 14.9. The molecule has 182 valence electrons. The number of H-pyrrole nitrogens is 1. The molecule has 2 aromatic carbocycles. The van der Waals surface area contributed by atoms with E-state index in [9.17, 15) is 22.8 Å². The second-order valence-corrected chi connectivity index (χ2v) is 10.1. The molecule has 1 amide bonds. The summed E-state index contributed by atoms with van der Waals surface area (Å²) >= 11 is 0. The Morgan fingerprint density at radius 1 is 1.11 bits per heavy atom. The van der Waals surface area contributed by atoms with Gasteiger partial charge in [-0.1, -0.05) is 42.5 Å². The third-order valence-corrected chi connectivity index (χ3v) is 7.63. The summed E-state index contributed by atoms with van der Waals surface area (Å²) in [5.41, 5.74) is 6.62. The Balaban J connectivity index is 1.54. The number of amides is 1. The van der Waals surface area contributed by atoms with Crippen LogP contribution in [-0.4, -0.2) is 43.2 Å². The first-order valence-electron chi connectivity index (χ1n) is 10.9. The Labute approximate surface area is 202 Å². The van der Waals surface area contributed by atoms with Crippen molar-refractivity contribution in [1.82, 2.24) is 9.55 Å². The highest BCUT2D eigenvalue weighted by molar-refractivity contribution is 7.93. The fourth-order valence-corrected chi connectivity index (χ4v) is 5.46. The molecule has 1 fully saturated rings. The average molecular weight is 496 g/mol. The summed E-state index contributed by atoms with van der Waals surface area (Å²) < 4.78 is 26.7. The second kappa shape index (κ2) is 9.63. The Hall–Kier alpha value is -4.12. The van der Waals surface area contributed by atoms with Gasteiger partial charge in [-0.2, -0.15) is 0 Å². The SMILES string of the molecule is CN(C(=O)/C=C/c1ccc(N2CCCS2(=O)=O)cc1)c1c(N)n(Cc2ccccc2)c(=O)[nH]c1=O. The number of nitrogen functional groups attached to an aromatic ring is 1. The minimum absolute atomic E-state index is 0.122. The van der Waals surface area contributed by atoms with E-state index in [4.69, 9.17) is 5.73 Å². The van der Waals surface area contributed by atoms with Gasteiger partial charge in [0.15, 0.2) is 5.69 Å². The number of aromatic amines is 1. The molecule has 1 aliphatic rings. The van der Waals surface area contributed by atoms with Crippen LogP contribution in [0.3, 0.4) is 0 Å². The predicted molar refractivity (Wildman–Crippen MR) is 136 cm³/mol. The number of anilines is 3. The van der Waals surface area contributed by atoms with Gasteiger partial charge in [-0.25, -0.2) is 13.2 Å². The van der Waals surface area contributed by atoms with Gasteiger partial charge in [0.25, 0.3) is 11.5 Å². The van der Waals surface area contributed by atoms with Crippen molar-refractivity contribution in [3.8, 4) is 0 Å². The molecule has 3 N–H and O–H groups in total. The molecule has 11 heteroatoms. The number of nitrogens with zero attached hydrogens (tertiary/aromatic N) is 3. The molecule has 1 aliphatic heterocycles. The minimum Gasteiger partial charge on any atom is -0.383 e. The summed E-state index contributed by atoms with van der Waals surface area (Å²) in [7, 11) is -1.87. The van der Waals surface area contributed by atoms with Crippen LogP contribution in [0.2, 0.25) is 0 Å². The molecule has 0 saturated carbocycles. The third-order valence-electron chi connectivity index (χ3n) is 5.76. The largest absolute Gasteiger partial charge is 0.383 e. The van der Waals surface area contributed by atoms with Gasteiger partial charge in [0.05, 0.1) is 18.0 Å². The Morgan fingerprint density at radius 3 is 2.43 bits per heavy atom. The lowest BCUT2D eigenvalue weighted by molar-refractivity contribution is -0.113.